The molecule has 0 fully saturated rings. The Labute approximate surface area is 187 Å². The monoisotopic (exact) mass is 439 g/mol. The molecule has 1 aliphatic carbocycles. The molecule has 31 heavy (non-hydrogen) atoms. The minimum atomic E-state index is -0.455. The lowest BCUT2D eigenvalue weighted by atomic mass is 10.0. The van der Waals surface area contributed by atoms with E-state index in [0.717, 1.165) is 44.2 Å². The number of unbranched alkanes of at least 4 members (excludes halogenated alkanes) is 3. The Bertz CT molecular complexity index is 951. The fourth-order valence-corrected chi connectivity index (χ4v) is 4.53. The number of carbonyl (C=O) groups excluding carboxylic acids is 1. The van der Waals surface area contributed by atoms with Crippen LogP contribution in [-0.4, -0.2) is 24.6 Å². The number of aromatic nitrogens is 1. The zero-order valence-corrected chi connectivity index (χ0v) is 19.0. The Morgan fingerprint density at radius 2 is 2.10 bits per heavy atom. The third kappa shape index (κ3) is 6.31. The van der Waals surface area contributed by atoms with Crippen molar-refractivity contribution in [1.29, 1.82) is 5.26 Å². The number of anilines is 1. The zero-order valence-electron chi connectivity index (χ0n) is 18.2. The molecule has 1 heterocycles. The van der Waals surface area contributed by atoms with Crippen molar-refractivity contribution < 1.29 is 14.3 Å². The average Bonchev–Trinajstić information content (AvgIpc) is 3.20. The standard InChI is InChI=1S/C24H29N3O3S/c1-3-4-5-8-13-30-20-12-11-17(15-21(20)29-2)14-18(16-25)23(28)27-24-26-19-9-6-7-10-22(19)31-24/h11-12,14-15H,3-10,13H2,1-2H3,(H,26,27,28)/b18-14+. The minimum Gasteiger partial charge on any atom is -0.493 e. The number of rotatable bonds is 10. The number of nitrogens with zero attached hydrogens (tertiary/aromatic N) is 2. The van der Waals surface area contributed by atoms with Gasteiger partial charge in [-0.15, -0.1) is 11.3 Å². The van der Waals surface area contributed by atoms with Crippen molar-refractivity contribution in [3.05, 3.63) is 39.9 Å². The van der Waals surface area contributed by atoms with Crippen LogP contribution in [0.4, 0.5) is 5.13 Å². The van der Waals surface area contributed by atoms with Crippen LogP contribution in [0.25, 0.3) is 6.08 Å². The highest BCUT2D eigenvalue weighted by Crippen LogP contribution is 2.31. The number of fused-ring (bicyclic) bond motifs is 1. The number of aryl methyl sites for hydroxylation is 2. The van der Waals surface area contributed by atoms with Crippen LogP contribution in [0.15, 0.2) is 23.8 Å². The van der Waals surface area contributed by atoms with Crippen LogP contribution in [0, 0.1) is 11.3 Å². The molecule has 0 aliphatic heterocycles. The normalized spacial score (nSPS) is 13.3. The molecule has 0 radical (unpaired) electrons. The topological polar surface area (TPSA) is 84.2 Å². The first-order chi connectivity index (χ1) is 15.1. The molecule has 1 amide bonds. The highest BCUT2D eigenvalue weighted by atomic mass is 32.1. The summed E-state index contributed by atoms with van der Waals surface area (Å²) in [5, 5.41) is 12.8. The first kappa shape index (κ1) is 22.8. The first-order valence-corrected chi connectivity index (χ1v) is 11.7. The van der Waals surface area contributed by atoms with Crippen molar-refractivity contribution in [2.45, 2.75) is 58.3 Å². The number of nitriles is 1. The van der Waals surface area contributed by atoms with E-state index >= 15 is 0 Å². The molecule has 164 valence electrons. The molecular weight excluding hydrogens is 410 g/mol. The van der Waals surface area contributed by atoms with E-state index in [9.17, 15) is 10.1 Å². The molecule has 1 aromatic heterocycles. The molecule has 6 nitrogen and oxygen atoms in total. The lowest BCUT2D eigenvalue weighted by molar-refractivity contribution is -0.112. The Kier molecular flexibility index (Phi) is 8.48. The van der Waals surface area contributed by atoms with Crippen molar-refractivity contribution in [1.82, 2.24) is 4.98 Å². The maximum atomic E-state index is 12.6. The van der Waals surface area contributed by atoms with Gasteiger partial charge < -0.3 is 9.47 Å². The molecule has 3 rings (SSSR count). The quantitative estimate of drug-likeness (QED) is 0.299. The van der Waals surface area contributed by atoms with E-state index in [2.05, 4.69) is 17.2 Å². The maximum Gasteiger partial charge on any atom is 0.268 e. The van der Waals surface area contributed by atoms with E-state index in [-0.39, 0.29) is 5.57 Å². The van der Waals surface area contributed by atoms with Gasteiger partial charge in [0.1, 0.15) is 11.6 Å². The molecule has 1 aliphatic rings. The van der Waals surface area contributed by atoms with Crippen molar-refractivity contribution in [2.24, 2.45) is 0 Å². The number of nitrogens with one attached hydrogen (secondary N) is 1. The fourth-order valence-electron chi connectivity index (χ4n) is 3.49. The predicted molar refractivity (Wildman–Crippen MR) is 124 cm³/mol. The molecule has 2 aromatic rings. The fraction of sp³-hybridized carbons (Fsp3) is 0.458. The third-order valence-electron chi connectivity index (χ3n) is 5.19. The van der Waals surface area contributed by atoms with Crippen molar-refractivity contribution in [3.8, 4) is 17.6 Å². The van der Waals surface area contributed by atoms with Crippen LogP contribution in [0.1, 0.15) is 61.6 Å². The van der Waals surface area contributed by atoms with Gasteiger partial charge in [0, 0.05) is 4.88 Å². The maximum absolute atomic E-state index is 12.6. The number of amides is 1. The second kappa shape index (κ2) is 11.5. The lowest BCUT2D eigenvalue weighted by Gasteiger charge is -2.11. The van der Waals surface area contributed by atoms with E-state index in [0.29, 0.717) is 28.8 Å². The third-order valence-corrected chi connectivity index (χ3v) is 6.26. The van der Waals surface area contributed by atoms with Crippen molar-refractivity contribution in [3.63, 3.8) is 0 Å². The van der Waals surface area contributed by atoms with Crippen LogP contribution in [0.3, 0.4) is 0 Å². The molecule has 1 N–H and O–H groups in total. The minimum absolute atomic E-state index is 0.0171. The highest BCUT2D eigenvalue weighted by Gasteiger charge is 2.18. The lowest BCUT2D eigenvalue weighted by Crippen LogP contribution is -2.13. The Hall–Kier alpha value is -2.85. The summed E-state index contributed by atoms with van der Waals surface area (Å²) in [6.07, 6.45) is 10.3. The van der Waals surface area contributed by atoms with Gasteiger partial charge in [-0.25, -0.2) is 4.98 Å². The summed E-state index contributed by atoms with van der Waals surface area (Å²) in [5.74, 6) is 0.783. The van der Waals surface area contributed by atoms with Gasteiger partial charge in [-0.1, -0.05) is 32.3 Å². The number of hydrogen-bond donors (Lipinski definition) is 1. The molecule has 0 saturated heterocycles. The SMILES string of the molecule is CCCCCCOc1ccc(/C=C(\C#N)C(=O)Nc2nc3c(s2)CCCC3)cc1OC. The summed E-state index contributed by atoms with van der Waals surface area (Å²) in [6.45, 7) is 2.81. The number of hydrogen-bond acceptors (Lipinski definition) is 6. The largest absolute Gasteiger partial charge is 0.493 e. The number of methoxy groups -OCH3 is 1. The molecule has 0 spiro atoms. The number of thiazole rings is 1. The first-order valence-electron chi connectivity index (χ1n) is 10.9. The molecule has 1 aromatic carbocycles. The smallest absolute Gasteiger partial charge is 0.268 e. The van der Waals surface area contributed by atoms with Crippen LogP contribution in [-0.2, 0) is 17.6 Å². The van der Waals surface area contributed by atoms with Gasteiger partial charge in [-0.3, -0.25) is 10.1 Å². The van der Waals surface area contributed by atoms with E-state index in [1.165, 1.54) is 29.1 Å². The van der Waals surface area contributed by atoms with E-state index in [1.807, 2.05) is 18.2 Å². The summed E-state index contributed by atoms with van der Waals surface area (Å²) in [7, 11) is 1.58. The summed E-state index contributed by atoms with van der Waals surface area (Å²) in [6, 6.07) is 7.39. The van der Waals surface area contributed by atoms with E-state index in [1.54, 1.807) is 19.3 Å². The van der Waals surface area contributed by atoms with E-state index in [4.69, 9.17) is 9.47 Å². The van der Waals surface area contributed by atoms with Gasteiger partial charge in [0.2, 0.25) is 0 Å². The van der Waals surface area contributed by atoms with Gasteiger partial charge in [0.05, 0.1) is 19.4 Å². The Morgan fingerprint density at radius 1 is 1.26 bits per heavy atom. The summed E-state index contributed by atoms with van der Waals surface area (Å²) in [5.41, 5.74) is 1.79. The number of benzene rings is 1. The summed E-state index contributed by atoms with van der Waals surface area (Å²) in [4.78, 5) is 18.4. The van der Waals surface area contributed by atoms with Gasteiger partial charge in [0.25, 0.3) is 5.91 Å². The second-order valence-electron chi connectivity index (χ2n) is 7.54. The number of ether oxygens (including phenoxy) is 2. The molecule has 0 saturated carbocycles. The Balaban J connectivity index is 1.67. The highest BCUT2D eigenvalue weighted by molar-refractivity contribution is 7.15. The molecule has 0 bridgehead atoms. The van der Waals surface area contributed by atoms with Gasteiger partial charge in [0.15, 0.2) is 16.6 Å². The molecule has 7 heteroatoms. The second-order valence-corrected chi connectivity index (χ2v) is 8.62. The van der Waals surface area contributed by atoms with Crippen LogP contribution in [0.5, 0.6) is 11.5 Å². The molecular formula is C24H29N3O3S. The van der Waals surface area contributed by atoms with E-state index < -0.39 is 5.91 Å². The Morgan fingerprint density at radius 3 is 2.84 bits per heavy atom. The van der Waals surface area contributed by atoms with Crippen LogP contribution in [0.2, 0.25) is 0 Å². The predicted octanol–water partition coefficient (Wildman–Crippen LogP) is 5.54. The van der Waals surface area contributed by atoms with Gasteiger partial charge >= 0.3 is 0 Å². The van der Waals surface area contributed by atoms with Gasteiger partial charge in [-0.05, 0) is 55.9 Å². The van der Waals surface area contributed by atoms with Crippen LogP contribution < -0.4 is 14.8 Å². The summed E-state index contributed by atoms with van der Waals surface area (Å²) >= 11 is 1.50. The summed E-state index contributed by atoms with van der Waals surface area (Å²) < 4.78 is 11.3. The molecule has 0 atom stereocenters. The molecule has 0 unspecified atom stereocenters. The number of carbonyl (C=O) groups is 1. The zero-order chi connectivity index (χ0) is 22.1. The van der Waals surface area contributed by atoms with Gasteiger partial charge in [-0.2, -0.15) is 5.26 Å². The van der Waals surface area contributed by atoms with Crippen LogP contribution >= 0.6 is 11.3 Å². The average molecular weight is 440 g/mol. The van der Waals surface area contributed by atoms with Crippen molar-refractivity contribution in [2.75, 3.05) is 19.0 Å². The van der Waals surface area contributed by atoms with Crippen molar-refractivity contribution >= 4 is 28.5 Å².